The van der Waals surface area contributed by atoms with Crippen LogP contribution >= 0.6 is 0 Å². The SMILES string of the molecule is N=c1cnn2c(ccc3ccccc32)n1. The number of hydrogen-bond donors (Lipinski definition) is 1. The molecule has 3 rings (SSSR count). The molecule has 0 radical (unpaired) electrons. The van der Waals surface area contributed by atoms with E-state index in [1.165, 1.54) is 6.20 Å². The highest BCUT2D eigenvalue weighted by Gasteiger charge is 1.98. The maximum atomic E-state index is 7.40. The monoisotopic (exact) mass is 196 g/mol. The van der Waals surface area contributed by atoms with Gasteiger partial charge < -0.3 is 0 Å². The third-order valence-electron chi connectivity index (χ3n) is 2.32. The van der Waals surface area contributed by atoms with Crippen molar-refractivity contribution in [2.24, 2.45) is 0 Å². The minimum atomic E-state index is 0.185. The summed E-state index contributed by atoms with van der Waals surface area (Å²) in [6.07, 6.45) is 1.44. The van der Waals surface area contributed by atoms with E-state index >= 15 is 0 Å². The molecule has 3 aromatic rings. The largest absolute Gasteiger partial charge is 0.281 e. The Bertz CT molecular complexity index is 699. The molecule has 0 atom stereocenters. The number of para-hydroxylation sites is 1. The van der Waals surface area contributed by atoms with Gasteiger partial charge in [-0.2, -0.15) is 5.10 Å². The summed E-state index contributed by atoms with van der Waals surface area (Å²) in [6.45, 7) is 0. The van der Waals surface area contributed by atoms with Crippen LogP contribution < -0.4 is 5.49 Å². The van der Waals surface area contributed by atoms with Crippen molar-refractivity contribution >= 4 is 16.6 Å². The number of aromatic nitrogens is 3. The fourth-order valence-corrected chi connectivity index (χ4v) is 1.65. The normalized spacial score (nSPS) is 10.9. The lowest BCUT2D eigenvalue weighted by Gasteiger charge is -2.03. The molecule has 1 N–H and O–H groups in total. The van der Waals surface area contributed by atoms with Crippen molar-refractivity contribution < 1.29 is 0 Å². The summed E-state index contributed by atoms with van der Waals surface area (Å²) in [5.41, 5.74) is 1.88. The van der Waals surface area contributed by atoms with Crippen molar-refractivity contribution in [3.05, 3.63) is 48.1 Å². The van der Waals surface area contributed by atoms with Crippen molar-refractivity contribution in [3.8, 4) is 0 Å². The van der Waals surface area contributed by atoms with Crippen LogP contribution in [0.1, 0.15) is 0 Å². The topological polar surface area (TPSA) is 54.0 Å². The quantitative estimate of drug-likeness (QED) is 0.552. The van der Waals surface area contributed by atoms with Gasteiger partial charge in [-0.3, -0.25) is 5.41 Å². The summed E-state index contributed by atoms with van der Waals surface area (Å²) in [7, 11) is 0. The first-order chi connectivity index (χ1) is 7.34. The number of nitrogens with one attached hydrogen (secondary N) is 1. The van der Waals surface area contributed by atoms with Crippen LogP contribution in [-0.2, 0) is 0 Å². The highest BCUT2D eigenvalue weighted by Crippen LogP contribution is 2.13. The molecular weight excluding hydrogens is 188 g/mol. The first-order valence-electron chi connectivity index (χ1n) is 4.63. The first kappa shape index (κ1) is 8.11. The van der Waals surface area contributed by atoms with Crippen LogP contribution in [0.15, 0.2) is 42.6 Å². The van der Waals surface area contributed by atoms with E-state index in [-0.39, 0.29) is 5.49 Å². The zero-order valence-electron chi connectivity index (χ0n) is 7.88. The molecule has 0 aliphatic heterocycles. The van der Waals surface area contributed by atoms with Crippen LogP contribution in [0, 0.1) is 5.41 Å². The van der Waals surface area contributed by atoms with E-state index < -0.39 is 0 Å². The molecule has 15 heavy (non-hydrogen) atoms. The lowest BCUT2D eigenvalue weighted by Crippen LogP contribution is -2.10. The fraction of sp³-hybridized carbons (Fsp3) is 0. The highest BCUT2D eigenvalue weighted by molar-refractivity contribution is 5.81. The van der Waals surface area contributed by atoms with Crippen LogP contribution in [0.5, 0.6) is 0 Å². The summed E-state index contributed by atoms with van der Waals surface area (Å²) < 4.78 is 1.74. The van der Waals surface area contributed by atoms with Crippen LogP contribution in [0.3, 0.4) is 0 Å². The predicted molar refractivity (Wildman–Crippen MR) is 56.3 cm³/mol. The molecule has 0 aliphatic carbocycles. The molecule has 0 saturated heterocycles. The lowest BCUT2D eigenvalue weighted by molar-refractivity contribution is 0.889. The average Bonchev–Trinajstić information content (AvgIpc) is 2.28. The fourth-order valence-electron chi connectivity index (χ4n) is 1.65. The number of pyridine rings is 1. The van der Waals surface area contributed by atoms with E-state index in [9.17, 15) is 0 Å². The molecule has 0 unspecified atom stereocenters. The van der Waals surface area contributed by atoms with Gasteiger partial charge in [0.1, 0.15) is 0 Å². The lowest BCUT2D eigenvalue weighted by atomic mass is 10.2. The zero-order chi connectivity index (χ0) is 10.3. The van der Waals surface area contributed by atoms with Gasteiger partial charge in [0.05, 0.1) is 11.7 Å². The second kappa shape index (κ2) is 2.88. The third-order valence-corrected chi connectivity index (χ3v) is 2.32. The Morgan fingerprint density at radius 2 is 1.93 bits per heavy atom. The van der Waals surface area contributed by atoms with Gasteiger partial charge in [-0.05, 0) is 18.2 Å². The number of fused-ring (bicyclic) bond motifs is 3. The Labute approximate surface area is 85.3 Å². The van der Waals surface area contributed by atoms with Crippen LogP contribution in [0.2, 0.25) is 0 Å². The van der Waals surface area contributed by atoms with Gasteiger partial charge in [0.25, 0.3) is 0 Å². The minimum Gasteiger partial charge on any atom is -0.281 e. The van der Waals surface area contributed by atoms with Gasteiger partial charge in [-0.15, -0.1) is 0 Å². The molecular formula is C11H8N4. The number of nitrogens with zero attached hydrogens (tertiary/aromatic N) is 3. The molecule has 72 valence electrons. The molecule has 1 aromatic carbocycles. The Balaban J connectivity index is 2.60. The molecule has 0 amide bonds. The second-order valence-corrected chi connectivity index (χ2v) is 3.30. The van der Waals surface area contributed by atoms with E-state index in [4.69, 9.17) is 5.41 Å². The number of rotatable bonds is 0. The Morgan fingerprint density at radius 1 is 1.07 bits per heavy atom. The number of hydrogen-bond acceptors (Lipinski definition) is 3. The highest BCUT2D eigenvalue weighted by atomic mass is 15.2. The van der Waals surface area contributed by atoms with Gasteiger partial charge in [0, 0.05) is 5.39 Å². The van der Waals surface area contributed by atoms with Gasteiger partial charge in [0.2, 0.25) is 0 Å². The van der Waals surface area contributed by atoms with Crippen molar-refractivity contribution in [2.45, 2.75) is 0 Å². The van der Waals surface area contributed by atoms with E-state index in [1.54, 1.807) is 4.52 Å². The van der Waals surface area contributed by atoms with Crippen LogP contribution in [-0.4, -0.2) is 14.6 Å². The maximum absolute atomic E-state index is 7.40. The Morgan fingerprint density at radius 3 is 2.87 bits per heavy atom. The summed E-state index contributed by atoms with van der Waals surface area (Å²) in [4.78, 5) is 4.09. The molecule has 2 heterocycles. The standard InChI is InChI=1S/C11H8N4/c12-10-7-13-15-9-4-2-1-3-8(9)5-6-11(15)14-10/h1-7,12H. The van der Waals surface area contributed by atoms with Gasteiger partial charge in [0.15, 0.2) is 11.1 Å². The zero-order valence-corrected chi connectivity index (χ0v) is 7.88. The van der Waals surface area contributed by atoms with Crippen LogP contribution in [0.25, 0.3) is 16.6 Å². The predicted octanol–water partition coefficient (Wildman–Crippen LogP) is 1.36. The molecule has 4 nitrogen and oxygen atoms in total. The second-order valence-electron chi connectivity index (χ2n) is 3.30. The average molecular weight is 196 g/mol. The van der Waals surface area contributed by atoms with E-state index in [0.717, 1.165) is 10.9 Å². The molecule has 0 aliphatic rings. The number of benzene rings is 1. The molecule has 0 spiro atoms. The Hall–Kier alpha value is -2.23. The maximum Gasteiger partial charge on any atom is 0.167 e. The van der Waals surface area contributed by atoms with Crippen molar-refractivity contribution in [1.29, 1.82) is 5.41 Å². The van der Waals surface area contributed by atoms with E-state index in [0.29, 0.717) is 5.65 Å². The molecule has 2 aromatic heterocycles. The summed E-state index contributed by atoms with van der Waals surface area (Å²) in [6, 6.07) is 11.8. The van der Waals surface area contributed by atoms with Gasteiger partial charge >= 0.3 is 0 Å². The molecule has 0 fully saturated rings. The Kier molecular flexibility index (Phi) is 1.56. The van der Waals surface area contributed by atoms with Gasteiger partial charge in [-0.1, -0.05) is 18.2 Å². The van der Waals surface area contributed by atoms with Crippen molar-refractivity contribution in [2.75, 3.05) is 0 Å². The minimum absolute atomic E-state index is 0.185. The summed E-state index contributed by atoms with van der Waals surface area (Å²) >= 11 is 0. The van der Waals surface area contributed by atoms with Gasteiger partial charge in [-0.25, -0.2) is 9.50 Å². The van der Waals surface area contributed by atoms with Crippen molar-refractivity contribution in [1.82, 2.24) is 14.6 Å². The van der Waals surface area contributed by atoms with E-state index in [2.05, 4.69) is 10.1 Å². The third kappa shape index (κ3) is 1.19. The van der Waals surface area contributed by atoms with Crippen LogP contribution in [0.4, 0.5) is 0 Å². The smallest absolute Gasteiger partial charge is 0.167 e. The molecule has 4 heteroatoms. The summed E-state index contributed by atoms with van der Waals surface area (Å²) in [5.74, 6) is 0. The first-order valence-corrected chi connectivity index (χ1v) is 4.63. The summed E-state index contributed by atoms with van der Waals surface area (Å²) in [5, 5.41) is 12.7. The molecule has 0 saturated carbocycles. The van der Waals surface area contributed by atoms with Crippen molar-refractivity contribution in [3.63, 3.8) is 0 Å². The molecule has 0 bridgehead atoms. The van der Waals surface area contributed by atoms with E-state index in [1.807, 2.05) is 36.4 Å².